The number of halogens is 2. The molecule has 3 rings (SSSR count). The molecule has 0 saturated carbocycles. The summed E-state index contributed by atoms with van der Waals surface area (Å²) in [7, 11) is 0. The normalized spacial score (nSPS) is 11.5. The van der Waals surface area contributed by atoms with Crippen molar-refractivity contribution in [3.05, 3.63) is 70.9 Å². The van der Waals surface area contributed by atoms with E-state index in [1.807, 2.05) is 31.2 Å². The highest BCUT2D eigenvalue weighted by Crippen LogP contribution is 2.32. The number of amides is 1. The summed E-state index contributed by atoms with van der Waals surface area (Å²) in [5.41, 5.74) is 3.62. The highest BCUT2D eigenvalue weighted by molar-refractivity contribution is 6.06. The van der Waals surface area contributed by atoms with Crippen LogP contribution in [0.4, 0.5) is 14.5 Å². The number of H-pyrrole nitrogens is 1. The first-order valence-electron chi connectivity index (χ1n) is 9.15. The Labute approximate surface area is 163 Å². The molecule has 0 aliphatic rings. The SMILES string of the molecule is CCc1[nH]nc(-c2ccc(C(C)(C)C)cc2)c1NC(=O)c1ccc(F)cc1F. The standard InChI is InChI=1S/C22H23F2N3O/c1-5-18-20(25-21(28)16-11-10-15(23)12-17(16)24)19(27-26-18)13-6-8-14(9-7-13)22(2,3)4/h6-12H,5H2,1-4H3,(H,25,28)(H,26,27). The molecular formula is C22H23F2N3O. The molecule has 0 unspecified atom stereocenters. The lowest BCUT2D eigenvalue weighted by Gasteiger charge is -2.19. The van der Waals surface area contributed by atoms with Crippen molar-refractivity contribution in [2.45, 2.75) is 39.5 Å². The minimum absolute atomic E-state index is 0.0237. The zero-order valence-corrected chi connectivity index (χ0v) is 16.4. The predicted octanol–water partition coefficient (Wildman–Crippen LogP) is 5.47. The summed E-state index contributed by atoms with van der Waals surface area (Å²) in [5.74, 6) is -2.29. The minimum atomic E-state index is -0.907. The summed E-state index contributed by atoms with van der Waals surface area (Å²) < 4.78 is 27.1. The van der Waals surface area contributed by atoms with Crippen LogP contribution in [0, 0.1) is 11.6 Å². The molecule has 0 bridgehead atoms. The third-order valence-corrected chi connectivity index (χ3v) is 4.63. The first-order chi connectivity index (χ1) is 13.2. The van der Waals surface area contributed by atoms with Crippen molar-refractivity contribution >= 4 is 11.6 Å². The smallest absolute Gasteiger partial charge is 0.258 e. The maximum atomic E-state index is 14.0. The number of nitrogens with one attached hydrogen (secondary N) is 2. The van der Waals surface area contributed by atoms with Crippen molar-refractivity contribution in [1.29, 1.82) is 0 Å². The second-order valence-electron chi connectivity index (χ2n) is 7.68. The Morgan fingerprint density at radius 2 is 1.79 bits per heavy atom. The number of hydrogen-bond donors (Lipinski definition) is 2. The van der Waals surface area contributed by atoms with Gasteiger partial charge in [0, 0.05) is 11.6 Å². The van der Waals surface area contributed by atoms with E-state index in [1.165, 1.54) is 5.56 Å². The molecule has 0 radical (unpaired) electrons. The lowest BCUT2D eigenvalue weighted by atomic mass is 9.86. The Morgan fingerprint density at radius 1 is 1.11 bits per heavy atom. The Balaban J connectivity index is 1.96. The first kappa shape index (κ1) is 19.7. The Hall–Kier alpha value is -3.02. The van der Waals surface area contributed by atoms with E-state index in [0.29, 0.717) is 23.9 Å². The van der Waals surface area contributed by atoms with Crippen LogP contribution >= 0.6 is 0 Å². The molecule has 1 amide bonds. The van der Waals surface area contributed by atoms with Gasteiger partial charge in [-0.15, -0.1) is 0 Å². The highest BCUT2D eigenvalue weighted by atomic mass is 19.1. The zero-order chi connectivity index (χ0) is 20.5. The third kappa shape index (κ3) is 3.96. The van der Waals surface area contributed by atoms with Crippen LogP contribution in [0.3, 0.4) is 0 Å². The summed E-state index contributed by atoms with van der Waals surface area (Å²) in [4.78, 5) is 12.6. The second-order valence-corrected chi connectivity index (χ2v) is 7.68. The van der Waals surface area contributed by atoms with Crippen LogP contribution in [-0.2, 0) is 11.8 Å². The van der Waals surface area contributed by atoms with Crippen molar-refractivity contribution in [3.63, 3.8) is 0 Å². The number of rotatable bonds is 4. The fourth-order valence-electron chi connectivity index (χ4n) is 2.96. The van der Waals surface area contributed by atoms with E-state index in [0.717, 1.165) is 23.4 Å². The highest BCUT2D eigenvalue weighted by Gasteiger charge is 2.20. The quantitative estimate of drug-likeness (QED) is 0.628. The van der Waals surface area contributed by atoms with E-state index >= 15 is 0 Å². The molecule has 6 heteroatoms. The average Bonchev–Trinajstić information content (AvgIpc) is 3.03. The molecule has 0 aliphatic carbocycles. The largest absolute Gasteiger partial charge is 0.318 e. The van der Waals surface area contributed by atoms with Gasteiger partial charge in [-0.2, -0.15) is 5.10 Å². The van der Waals surface area contributed by atoms with Gasteiger partial charge in [0.1, 0.15) is 17.3 Å². The number of anilines is 1. The molecule has 0 spiro atoms. The maximum Gasteiger partial charge on any atom is 0.258 e. The summed E-state index contributed by atoms with van der Waals surface area (Å²) in [6.07, 6.45) is 0.606. The minimum Gasteiger partial charge on any atom is -0.318 e. The molecule has 0 fully saturated rings. The summed E-state index contributed by atoms with van der Waals surface area (Å²) >= 11 is 0. The molecule has 4 nitrogen and oxygen atoms in total. The molecule has 2 aromatic carbocycles. The van der Waals surface area contributed by atoms with Crippen molar-refractivity contribution in [2.24, 2.45) is 0 Å². The van der Waals surface area contributed by atoms with Crippen LogP contribution in [-0.4, -0.2) is 16.1 Å². The number of carbonyl (C=O) groups is 1. The van der Waals surface area contributed by atoms with E-state index in [9.17, 15) is 13.6 Å². The van der Waals surface area contributed by atoms with Gasteiger partial charge in [0.05, 0.1) is 16.9 Å². The maximum absolute atomic E-state index is 14.0. The molecule has 2 N–H and O–H groups in total. The second kappa shape index (κ2) is 7.54. The number of aromatic nitrogens is 2. The first-order valence-corrected chi connectivity index (χ1v) is 9.15. The summed E-state index contributed by atoms with van der Waals surface area (Å²) in [6.45, 7) is 8.33. The zero-order valence-electron chi connectivity index (χ0n) is 16.4. The van der Waals surface area contributed by atoms with Crippen LogP contribution < -0.4 is 5.32 Å². The van der Waals surface area contributed by atoms with Gasteiger partial charge < -0.3 is 5.32 Å². The van der Waals surface area contributed by atoms with Gasteiger partial charge in [0.25, 0.3) is 5.91 Å². The van der Waals surface area contributed by atoms with Crippen molar-refractivity contribution < 1.29 is 13.6 Å². The summed E-state index contributed by atoms with van der Waals surface area (Å²) in [5, 5.41) is 10.0. The third-order valence-electron chi connectivity index (χ3n) is 4.63. The molecule has 146 valence electrons. The van der Waals surface area contributed by atoms with Crippen LogP contribution in [0.2, 0.25) is 0 Å². The number of nitrogens with zero attached hydrogens (tertiary/aromatic N) is 1. The Morgan fingerprint density at radius 3 is 2.36 bits per heavy atom. The van der Waals surface area contributed by atoms with E-state index in [1.54, 1.807) is 0 Å². The van der Waals surface area contributed by atoms with Crippen LogP contribution in [0.25, 0.3) is 11.3 Å². The molecule has 3 aromatic rings. The lowest BCUT2D eigenvalue weighted by Crippen LogP contribution is -2.15. The van der Waals surface area contributed by atoms with Crippen LogP contribution in [0.5, 0.6) is 0 Å². The van der Waals surface area contributed by atoms with Gasteiger partial charge in [0.15, 0.2) is 0 Å². The lowest BCUT2D eigenvalue weighted by molar-refractivity contribution is 0.102. The molecule has 0 saturated heterocycles. The van der Waals surface area contributed by atoms with E-state index in [2.05, 4.69) is 36.3 Å². The van der Waals surface area contributed by atoms with Gasteiger partial charge in [-0.05, 0) is 29.5 Å². The number of benzene rings is 2. The van der Waals surface area contributed by atoms with Crippen molar-refractivity contribution in [3.8, 4) is 11.3 Å². The summed E-state index contributed by atoms with van der Waals surface area (Å²) in [6, 6.07) is 10.8. The van der Waals surface area contributed by atoms with Gasteiger partial charge in [-0.1, -0.05) is 52.0 Å². The number of aryl methyl sites for hydroxylation is 1. The molecule has 0 atom stereocenters. The van der Waals surface area contributed by atoms with Crippen molar-refractivity contribution in [2.75, 3.05) is 5.32 Å². The van der Waals surface area contributed by atoms with E-state index in [-0.39, 0.29) is 11.0 Å². The van der Waals surface area contributed by atoms with Crippen LogP contribution in [0.15, 0.2) is 42.5 Å². The van der Waals surface area contributed by atoms with Gasteiger partial charge in [-0.3, -0.25) is 9.89 Å². The Bertz CT molecular complexity index is 1000. The molecule has 1 heterocycles. The fraction of sp³-hybridized carbons (Fsp3) is 0.273. The van der Waals surface area contributed by atoms with E-state index in [4.69, 9.17) is 0 Å². The molecule has 0 aliphatic heterocycles. The van der Waals surface area contributed by atoms with E-state index < -0.39 is 17.5 Å². The van der Waals surface area contributed by atoms with Gasteiger partial charge >= 0.3 is 0 Å². The predicted molar refractivity (Wildman–Crippen MR) is 106 cm³/mol. The fourth-order valence-corrected chi connectivity index (χ4v) is 2.96. The van der Waals surface area contributed by atoms with Crippen molar-refractivity contribution in [1.82, 2.24) is 10.2 Å². The number of hydrogen-bond acceptors (Lipinski definition) is 2. The van der Waals surface area contributed by atoms with Gasteiger partial charge in [-0.25, -0.2) is 8.78 Å². The topological polar surface area (TPSA) is 57.8 Å². The number of aromatic amines is 1. The Kier molecular flexibility index (Phi) is 5.31. The number of carbonyl (C=O) groups excluding carboxylic acids is 1. The molecular weight excluding hydrogens is 360 g/mol. The average molecular weight is 383 g/mol. The van der Waals surface area contributed by atoms with Gasteiger partial charge in [0.2, 0.25) is 0 Å². The monoisotopic (exact) mass is 383 g/mol. The molecule has 1 aromatic heterocycles. The molecule has 28 heavy (non-hydrogen) atoms. The van der Waals surface area contributed by atoms with Crippen LogP contribution in [0.1, 0.15) is 49.3 Å².